The minimum absolute atomic E-state index is 0.218. The Morgan fingerprint density at radius 1 is 1.20 bits per heavy atom. The number of pyridine rings is 1. The summed E-state index contributed by atoms with van der Waals surface area (Å²) in [5.74, 6) is -2.93. The zero-order valence-corrected chi connectivity index (χ0v) is 13.5. The summed E-state index contributed by atoms with van der Waals surface area (Å²) in [6.07, 6.45) is 2.79. The summed E-state index contributed by atoms with van der Waals surface area (Å²) in [5, 5.41) is 2.93. The number of thioether (sulfide) groups is 1. The number of benzene rings is 1. The fourth-order valence-electron chi connectivity index (χ4n) is 2.19. The van der Waals surface area contributed by atoms with Crippen molar-refractivity contribution in [1.82, 2.24) is 14.5 Å². The quantitative estimate of drug-likeness (QED) is 0.706. The van der Waals surface area contributed by atoms with Crippen LogP contribution >= 0.6 is 11.8 Å². The summed E-state index contributed by atoms with van der Waals surface area (Å²) < 4.78 is 25.7. The molecule has 3 rings (SSSR count). The van der Waals surface area contributed by atoms with E-state index in [0.717, 1.165) is 0 Å². The molecule has 0 saturated heterocycles. The van der Waals surface area contributed by atoms with Crippen LogP contribution in [-0.2, 0) is 11.3 Å². The summed E-state index contributed by atoms with van der Waals surface area (Å²) in [6, 6.07) is 9.23. The highest BCUT2D eigenvalue weighted by atomic mass is 32.2. The lowest BCUT2D eigenvalue weighted by atomic mass is 10.3. The summed E-state index contributed by atoms with van der Waals surface area (Å²) in [4.78, 5) is 32.8. The lowest BCUT2D eigenvalue weighted by Gasteiger charge is -2.08. The molecule has 1 amide bonds. The van der Waals surface area contributed by atoms with Crippen molar-refractivity contribution < 1.29 is 13.6 Å². The molecular weight excluding hydrogens is 350 g/mol. The van der Waals surface area contributed by atoms with Gasteiger partial charge in [-0.15, -0.1) is 0 Å². The minimum Gasteiger partial charge on any atom is -0.325 e. The first-order valence-corrected chi connectivity index (χ1v) is 8.06. The molecule has 0 saturated carbocycles. The van der Waals surface area contributed by atoms with Crippen LogP contribution in [-0.4, -0.2) is 26.2 Å². The number of hydrogen-bond donors (Lipinski definition) is 1. The molecule has 0 aliphatic carbocycles. The Bertz CT molecular complexity index is 960. The molecule has 0 atom stereocenters. The van der Waals surface area contributed by atoms with E-state index in [4.69, 9.17) is 0 Å². The molecule has 2 aromatic heterocycles. The van der Waals surface area contributed by atoms with E-state index in [1.807, 2.05) is 0 Å². The van der Waals surface area contributed by atoms with E-state index < -0.39 is 11.7 Å². The van der Waals surface area contributed by atoms with Crippen molar-refractivity contribution in [2.75, 3.05) is 5.32 Å². The third-order valence-corrected chi connectivity index (χ3v) is 4.00. The van der Waals surface area contributed by atoms with Gasteiger partial charge in [-0.25, -0.2) is 9.97 Å². The average molecular weight is 362 g/mol. The second-order valence-electron chi connectivity index (χ2n) is 5.00. The lowest BCUT2D eigenvalue weighted by molar-refractivity contribution is -0.116. The van der Waals surface area contributed by atoms with Crippen LogP contribution in [0.4, 0.5) is 14.5 Å². The molecule has 6 nitrogen and oxygen atoms in total. The number of nitrogens with one attached hydrogen (secondary N) is 1. The summed E-state index contributed by atoms with van der Waals surface area (Å²) in [6.45, 7) is -0.218. The van der Waals surface area contributed by atoms with Gasteiger partial charge in [0.25, 0.3) is 11.3 Å². The van der Waals surface area contributed by atoms with Gasteiger partial charge < -0.3 is 5.32 Å². The second-order valence-corrected chi connectivity index (χ2v) is 6.07. The molecule has 1 N–H and O–H groups in total. The van der Waals surface area contributed by atoms with Gasteiger partial charge in [0.15, 0.2) is 5.65 Å². The number of hydrogen-bond acceptors (Lipinski definition) is 5. The van der Waals surface area contributed by atoms with Crippen molar-refractivity contribution in [2.45, 2.75) is 17.2 Å². The van der Waals surface area contributed by atoms with Crippen molar-refractivity contribution in [3.05, 3.63) is 59.3 Å². The predicted molar refractivity (Wildman–Crippen MR) is 90.7 cm³/mol. The third kappa shape index (κ3) is 4.18. The second kappa shape index (κ2) is 7.39. The summed E-state index contributed by atoms with van der Waals surface area (Å²) in [7, 11) is 0. The number of carbonyl (C=O) groups is 1. The molecule has 2 heterocycles. The molecule has 1 aromatic carbocycles. The number of rotatable bonds is 5. The Labute approximate surface area is 144 Å². The monoisotopic (exact) mass is 362 g/mol. The van der Waals surface area contributed by atoms with Crippen LogP contribution in [0.15, 0.2) is 58.6 Å². The van der Waals surface area contributed by atoms with Gasteiger partial charge in [0.2, 0.25) is 5.91 Å². The molecule has 9 heteroatoms. The number of amides is 1. The molecule has 0 fully saturated rings. The Balaban J connectivity index is 1.70. The standard InChI is InChI=1S/C16H12F2N4O2S/c17-16(18)25-11-5-3-10(4-6-11)21-13(23)8-22-9-20-14-12(15(22)24)2-1-7-19-14/h1-7,9,16H,8H2,(H,21,23). The highest BCUT2D eigenvalue weighted by molar-refractivity contribution is 7.99. The van der Waals surface area contributed by atoms with Crippen LogP contribution in [0.3, 0.4) is 0 Å². The van der Waals surface area contributed by atoms with E-state index in [9.17, 15) is 18.4 Å². The van der Waals surface area contributed by atoms with E-state index in [1.165, 1.54) is 41.4 Å². The number of fused-ring (bicyclic) bond motifs is 1. The van der Waals surface area contributed by atoms with Gasteiger partial charge >= 0.3 is 0 Å². The highest BCUT2D eigenvalue weighted by Gasteiger charge is 2.09. The van der Waals surface area contributed by atoms with Crippen LogP contribution in [0.2, 0.25) is 0 Å². The van der Waals surface area contributed by atoms with Crippen molar-refractivity contribution in [3.63, 3.8) is 0 Å². The molecular formula is C16H12F2N4O2S. The van der Waals surface area contributed by atoms with Gasteiger partial charge in [-0.1, -0.05) is 11.8 Å². The van der Waals surface area contributed by atoms with Gasteiger partial charge in [-0.3, -0.25) is 14.2 Å². The maximum absolute atomic E-state index is 12.3. The molecule has 0 radical (unpaired) electrons. The Morgan fingerprint density at radius 3 is 2.68 bits per heavy atom. The van der Waals surface area contributed by atoms with Crippen LogP contribution in [0, 0.1) is 0 Å². The lowest BCUT2D eigenvalue weighted by Crippen LogP contribution is -2.28. The average Bonchev–Trinajstić information content (AvgIpc) is 2.59. The molecule has 0 bridgehead atoms. The van der Waals surface area contributed by atoms with Crippen molar-refractivity contribution in [1.29, 1.82) is 0 Å². The molecule has 128 valence electrons. The van der Waals surface area contributed by atoms with Gasteiger partial charge in [0.05, 0.1) is 5.39 Å². The third-order valence-electron chi connectivity index (χ3n) is 3.27. The number of aromatic nitrogens is 3. The molecule has 0 aliphatic heterocycles. The van der Waals surface area contributed by atoms with Crippen LogP contribution in [0.5, 0.6) is 0 Å². The first kappa shape index (κ1) is 17.0. The molecule has 3 aromatic rings. The SMILES string of the molecule is O=C(Cn1cnc2ncccc2c1=O)Nc1ccc(SC(F)F)cc1. The van der Waals surface area contributed by atoms with E-state index >= 15 is 0 Å². The zero-order valence-electron chi connectivity index (χ0n) is 12.7. The number of alkyl halides is 2. The summed E-state index contributed by atoms with van der Waals surface area (Å²) in [5.41, 5.74) is 0.403. The molecule has 0 spiro atoms. The van der Waals surface area contributed by atoms with E-state index in [2.05, 4.69) is 15.3 Å². The van der Waals surface area contributed by atoms with Crippen molar-refractivity contribution in [3.8, 4) is 0 Å². The van der Waals surface area contributed by atoms with Crippen LogP contribution < -0.4 is 10.9 Å². The topological polar surface area (TPSA) is 76.9 Å². The van der Waals surface area contributed by atoms with Crippen LogP contribution in [0.1, 0.15) is 0 Å². The Hall–Kier alpha value is -2.81. The Kier molecular flexibility index (Phi) is 5.03. The smallest absolute Gasteiger partial charge is 0.288 e. The normalized spacial score (nSPS) is 11.0. The fraction of sp³-hybridized carbons (Fsp3) is 0.125. The highest BCUT2D eigenvalue weighted by Crippen LogP contribution is 2.26. The van der Waals surface area contributed by atoms with E-state index in [-0.39, 0.29) is 12.1 Å². The number of nitrogens with zero attached hydrogens (tertiary/aromatic N) is 3. The fourth-order valence-corrected chi connectivity index (χ4v) is 2.68. The number of anilines is 1. The maximum atomic E-state index is 12.3. The van der Waals surface area contributed by atoms with Gasteiger partial charge in [-0.2, -0.15) is 8.78 Å². The molecule has 0 unspecified atom stereocenters. The van der Waals surface area contributed by atoms with Crippen molar-refractivity contribution >= 4 is 34.4 Å². The first-order chi connectivity index (χ1) is 12.0. The number of carbonyl (C=O) groups excluding carboxylic acids is 1. The van der Waals surface area contributed by atoms with E-state index in [1.54, 1.807) is 12.1 Å². The van der Waals surface area contributed by atoms with E-state index in [0.29, 0.717) is 33.4 Å². The minimum atomic E-state index is -2.50. The van der Waals surface area contributed by atoms with Gasteiger partial charge in [0.1, 0.15) is 12.9 Å². The largest absolute Gasteiger partial charge is 0.325 e. The Morgan fingerprint density at radius 2 is 1.96 bits per heavy atom. The van der Waals surface area contributed by atoms with Gasteiger partial charge in [0, 0.05) is 16.8 Å². The maximum Gasteiger partial charge on any atom is 0.288 e. The van der Waals surface area contributed by atoms with Crippen LogP contribution in [0.25, 0.3) is 11.0 Å². The first-order valence-electron chi connectivity index (χ1n) is 7.18. The number of halogens is 2. The molecule has 0 aliphatic rings. The van der Waals surface area contributed by atoms with Gasteiger partial charge in [-0.05, 0) is 36.4 Å². The summed E-state index contributed by atoms with van der Waals surface area (Å²) >= 11 is 0.426. The molecule has 25 heavy (non-hydrogen) atoms. The zero-order chi connectivity index (χ0) is 17.8. The van der Waals surface area contributed by atoms with Crippen molar-refractivity contribution in [2.24, 2.45) is 0 Å². The predicted octanol–water partition coefficient (Wildman–Crippen LogP) is 2.74.